The molecule has 1 heterocycles. The standard InChI is InChI=1S/C31H43N3O4/c1-5-6-7-8-9-15-22-34-27-19-14-13-18-25(27)32-28(34)21-20-26(33-30(36)38-31(2,3)4)29(35)37-23-24-16-11-10-12-17-24/h10-14,16-19,26H,5-9,15,20-23H2,1-4H3,(H,33,36)/t26-/m0/s1. The Kier molecular flexibility index (Phi) is 11.2. The second-order valence-corrected chi connectivity index (χ2v) is 10.8. The molecule has 7 heteroatoms. The van der Waals surface area contributed by atoms with Gasteiger partial charge in [-0.05, 0) is 51.3 Å². The largest absolute Gasteiger partial charge is 0.459 e. The van der Waals surface area contributed by atoms with Crippen LogP contribution in [0.1, 0.15) is 84.0 Å². The quantitative estimate of drug-likeness (QED) is 0.183. The Labute approximate surface area is 226 Å². The second kappa shape index (κ2) is 14.6. The van der Waals surface area contributed by atoms with Gasteiger partial charge in [0.2, 0.25) is 0 Å². The summed E-state index contributed by atoms with van der Waals surface area (Å²) in [6.07, 6.45) is 7.53. The normalized spacial score (nSPS) is 12.3. The predicted octanol–water partition coefficient (Wildman–Crippen LogP) is 6.97. The molecule has 0 aliphatic heterocycles. The third-order valence-corrected chi connectivity index (χ3v) is 6.32. The van der Waals surface area contributed by atoms with E-state index in [1.165, 1.54) is 32.1 Å². The molecule has 1 amide bonds. The number of amides is 1. The number of unbranched alkanes of at least 4 members (excludes halogenated alkanes) is 5. The first-order valence-corrected chi connectivity index (χ1v) is 13.9. The number of nitrogens with zero attached hydrogens (tertiary/aromatic N) is 2. The van der Waals surface area contributed by atoms with E-state index in [1.54, 1.807) is 20.8 Å². The Hall–Kier alpha value is -3.35. The molecule has 0 unspecified atom stereocenters. The molecule has 0 saturated carbocycles. The highest BCUT2D eigenvalue weighted by Gasteiger charge is 2.26. The Morgan fingerprint density at radius 3 is 2.37 bits per heavy atom. The van der Waals surface area contributed by atoms with Crippen LogP contribution in [0.3, 0.4) is 0 Å². The van der Waals surface area contributed by atoms with Crippen LogP contribution < -0.4 is 5.32 Å². The summed E-state index contributed by atoms with van der Waals surface area (Å²) in [4.78, 5) is 30.5. The SMILES string of the molecule is CCCCCCCCn1c(CC[C@H](NC(=O)OC(C)(C)C)C(=O)OCc2ccccc2)nc2ccccc21. The van der Waals surface area contributed by atoms with Crippen LogP contribution in [0.25, 0.3) is 11.0 Å². The number of nitrogens with one attached hydrogen (secondary N) is 1. The number of aromatic nitrogens is 2. The van der Waals surface area contributed by atoms with Crippen molar-refractivity contribution in [3.8, 4) is 0 Å². The summed E-state index contributed by atoms with van der Waals surface area (Å²) in [5.41, 5.74) is 2.25. The number of para-hydroxylation sites is 2. The van der Waals surface area contributed by atoms with Crippen LogP contribution in [0.5, 0.6) is 0 Å². The maximum absolute atomic E-state index is 13.1. The van der Waals surface area contributed by atoms with E-state index in [1.807, 2.05) is 48.5 Å². The molecular formula is C31H43N3O4. The Morgan fingerprint density at radius 2 is 1.63 bits per heavy atom. The van der Waals surface area contributed by atoms with E-state index in [-0.39, 0.29) is 6.61 Å². The first-order valence-electron chi connectivity index (χ1n) is 13.9. The first-order chi connectivity index (χ1) is 18.3. The third-order valence-electron chi connectivity index (χ3n) is 6.32. The van der Waals surface area contributed by atoms with E-state index in [4.69, 9.17) is 14.5 Å². The summed E-state index contributed by atoms with van der Waals surface area (Å²) in [6, 6.07) is 16.8. The summed E-state index contributed by atoms with van der Waals surface area (Å²) >= 11 is 0. The lowest BCUT2D eigenvalue weighted by Crippen LogP contribution is -2.44. The number of carbonyl (C=O) groups excluding carboxylic acids is 2. The summed E-state index contributed by atoms with van der Waals surface area (Å²) in [6.45, 7) is 8.62. The molecule has 0 saturated heterocycles. The monoisotopic (exact) mass is 521 g/mol. The van der Waals surface area contributed by atoms with E-state index in [9.17, 15) is 9.59 Å². The van der Waals surface area contributed by atoms with Crippen molar-refractivity contribution in [3.63, 3.8) is 0 Å². The fourth-order valence-electron chi connectivity index (χ4n) is 4.42. The average molecular weight is 522 g/mol. The molecule has 3 rings (SSSR count). The van der Waals surface area contributed by atoms with Gasteiger partial charge in [0, 0.05) is 13.0 Å². The summed E-state index contributed by atoms with van der Waals surface area (Å²) in [7, 11) is 0. The van der Waals surface area contributed by atoms with Crippen LogP contribution >= 0.6 is 0 Å². The van der Waals surface area contributed by atoms with Crippen LogP contribution in [0.2, 0.25) is 0 Å². The van der Waals surface area contributed by atoms with Gasteiger partial charge in [0.25, 0.3) is 0 Å². The number of carbonyl (C=O) groups is 2. The predicted molar refractivity (Wildman–Crippen MR) is 151 cm³/mol. The molecule has 2 aromatic carbocycles. The third kappa shape index (κ3) is 9.51. The van der Waals surface area contributed by atoms with E-state index >= 15 is 0 Å². The minimum atomic E-state index is -0.851. The fourth-order valence-corrected chi connectivity index (χ4v) is 4.42. The van der Waals surface area contributed by atoms with Crippen LogP contribution in [0.4, 0.5) is 4.79 Å². The lowest BCUT2D eigenvalue weighted by Gasteiger charge is -2.23. The molecule has 0 fully saturated rings. The number of imidazole rings is 1. The molecule has 206 valence electrons. The summed E-state index contributed by atoms with van der Waals surface area (Å²) < 4.78 is 13.3. The van der Waals surface area contributed by atoms with Crippen molar-refractivity contribution in [3.05, 3.63) is 66.0 Å². The molecule has 7 nitrogen and oxygen atoms in total. The minimum Gasteiger partial charge on any atom is -0.459 e. The van der Waals surface area contributed by atoms with Gasteiger partial charge in [-0.3, -0.25) is 0 Å². The number of rotatable bonds is 14. The highest BCUT2D eigenvalue weighted by Crippen LogP contribution is 2.20. The van der Waals surface area contributed by atoms with Crippen molar-refractivity contribution in [2.75, 3.05) is 0 Å². The topological polar surface area (TPSA) is 82.5 Å². The lowest BCUT2D eigenvalue weighted by atomic mass is 10.1. The summed E-state index contributed by atoms with van der Waals surface area (Å²) in [5, 5.41) is 2.73. The second-order valence-electron chi connectivity index (χ2n) is 10.8. The molecule has 3 aromatic rings. The van der Waals surface area contributed by atoms with Gasteiger partial charge in [0.05, 0.1) is 11.0 Å². The van der Waals surface area contributed by atoms with Gasteiger partial charge in [-0.25, -0.2) is 14.6 Å². The zero-order chi connectivity index (χ0) is 27.4. The fraction of sp³-hybridized carbons (Fsp3) is 0.516. The minimum absolute atomic E-state index is 0.142. The Balaban J connectivity index is 1.70. The summed E-state index contributed by atoms with van der Waals surface area (Å²) in [5.74, 6) is 0.421. The van der Waals surface area contributed by atoms with Crippen molar-refractivity contribution in [1.82, 2.24) is 14.9 Å². The molecule has 0 radical (unpaired) electrons. The maximum atomic E-state index is 13.1. The van der Waals surface area contributed by atoms with Crippen molar-refractivity contribution >= 4 is 23.1 Å². The zero-order valence-corrected chi connectivity index (χ0v) is 23.4. The molecule has 1 atom stereocenters. The van der Waals surface area contributed by atoms with Gasteiger partial charge in [-0.15, -0.1) is 0 Å². The van der Waals surface area contributed by atoms with Gasteiger partial charge in [-0.2, -0.15) is 0 Å². The zero-order valence-electron chi connectivity index (χ0n) is 23.4. The number of benzene rings is 2. The van der Waals surface area contributed by atoms with Crippen molar-refractivity contribution < 1.29 is 19.1 Å². The smallest absolute Gasteiger partial charge is 0.408 e. The van der Waals surface area contributed by atoms with Crippen LogP contribution in [-0.2, 0) is 33.8 Å². The van der Waals surface area contributed by atoms with Crippen LogP contribution in [0.15, 0.2) is 54.6 Å². The molecule has 0 bridgehead atoms. The molecule has 38 heavy (non-hydrogen) atoms. The first kappa shape index (κ1) is 29.2. The Bertz CT molecular complexity index is 1150. The van der Waals surface area contributed by atoms with E-state index in [0.717, 1.165) is 35.4 Å². The molecule has 0 spiro atoms. The highest BCUT2D eigenvalue weighted by molar-refractivity contribution is 5.81. The molecule has 1 N–H and O–H groups in total. The number of hydrogen-bond donors (Lipinski definition) is 1. The average Bonchev–Trinajstić information content (AvgIpc) is 3.24. The molecule has 0 aliphatic rings. The molecule has 1 aromatic heterocycles. The number of hydrogen-bond acceptors (Lipinski definition) is 5. The molecular weight excluding hydrogens is 478 g/mol. The van der Waals surface area contributed by atoms with Crippen LogP contribution in [-0.4, -0.2) is 33.3 Å². The van der Waals surface area contributed by atoms with E-state index < -0.39 is 23.7 Å². The number of ether oxygens (including phenoxy) is 2. The van der Waals surface area contributed by atoms with Gasteiger partial charge < -0.3 is 19.4 Å². The van der Waals surface area contributed by atoms with E-state index in [0.29, 0.717) is 12.8 Å². The van der Waals surface area contributed by atoms with Gasteiger partial charge >= 0.3 is 12.1 Å². The van der Waals surface area contributed by atoms with Gasteiger partial charge in [0.15, 0.2) is 0 Å². The van der Waals surface area contributed by atoms with Crippen molar-refractivity contribution in [2.45, 2.75) is 104 Å². The van der Waals surface area contributed by atoms with Crippen molar-refractivity contribution in [1.29, 1.82) is 0 Å². The lowest BCUT2D eigenvalue weighted by molar-refractivity contribution is -0.147. The molecule has 0 aliphatic carbocycles. The highest BCUT2D eigenvalue weighted by atomic mass is 16.6. The number of alkyl carbamates (subject to hydrolysis) is 1. The maximum Gasteiger partial charge on any atom is 0.408 e. The van der Waals surface area contributed by atoms with E-state index in [2.05, 4.69) is 22.9 Å². The van der Waals surface area contributed by atoms with Gasteiger partial charge in [0.1, 0.15) is 24.1 Å². The number of aryl methyl sites for hydroxylation is 2. The number of esters is 1. The Morgan fingerprint density at radius 1 is 0.947 bits per heavy atom. The number of fused-ring (bicyclic) bond motifs is 1. The van der Waals surface area contributed by atoms with Crippen LogP contribution in [0, 0.1) is 0 Å². The van der Waals surface area contributed by atoms with Crippen molar-refractivity contribution in [2.24, 2.45) is 0 Å². The van der Waals surface area contributed by atoms with Gasteiger partial charge in [-0.1, -0.05) is 81.5 Å².